The van der Waals surface area contributed by atoms with Crippen LogP contribution in [0, 0.1) is 24.2 Å². The molecule has 4 atom stereocenters. The zero-order valence-corrected chi connectivity index (χ0v) is 21.7. The second-order valence-electron chi connectivity index (χ2n) is 12.3. The predicted octanol–water partition coefficient (Wildman–Crippen LogP) is 7.31. The first-order valence-corrected chi connectivity index (χ1v) is 14.2. The largest absolute Gasteiger partial charge is 0.0802 e. The Morgan fingerprint density at radius 2 is 1.74 bits per heavy atom. The molecule has 0 N–H and O–H groups in total. The lowest BCUT2D eigenvalue weighted by Crippen LogP contribution is -2.27. The number of aryl methyl sites for hydroxylation is 1. The van der Waals surface area contributed by atoms with Gasteiger partial charge in [0.1, 0.15) is 0 Å². The molecule has 6 aliphatic carbocycles. The number of rotatable bonds is 2. The van der Waals surface area contributed by atoms with Crippen LogP contribution in [0.4, 0.5) is 0 Å². The number of benzene rings is 3. The minimum absolute atomic E-state index is 0.0889. The Morgan fingerprint density at radius 3 is 2.71 bits per heavy atom. The van der Waals surface area contributed by atoms with Crippen LogP contribution in [-0.4, -0.2) is 0 Å². The molecule has 38 heavy (non-hydrogen) atoms. The first kappa shape index (κ1) is 21.1. The van der Waals surface area contributed by atoms with E-state index in [1.807, 2.05) is 0 Å². The van der Waals surface area contributed by atoms with Crippen molar-refractivity contribution < 1.29 is 0 Å². The van der Waals surface area contributed by atoms with E-state index in [1.165, 1.54) is 73.0 Å². The van der Waals surface area contributed by atoms with Gasteiger partial charge >= 0.3 is 0 Å². The maximum absolute atomic E-state index is 2.64. The van der Waals surface area contributed by atoms with Gasteiger partial charge in [-0.05, 0) is 98.7 Å². The van der Waals surface area contributed by atoms with Crippen LogP contribution < -0.4 is 10.4 Å². The fraction of sp³-hybridized carbons (Fsp3) is 0.211. The molecule has 0 amide bonds. The zero-order valence-electron chi connectivity index (χ0n) is 21.7. The Balaban J connectivity index is 1.28. The van der Waals surface area contributed by atoms with E-state index in [1.54, 1.807) is 0 Å². The lowest BCUT2D eigenvalue weighted by molar-refractivity contribution is 0.726. The van der Waals surface area contributed by atoms with E-state index in [0.717, 1.165) is 6.42 Å². The minimum atomic E-state index is 0.0889. The number of hydrogen-bond acceptors (Lipinski definition) is 0. The normalized spacial score (nSPS) is 31.2. The Kier molecular flexibility index (Phi) is 3.96. The second kappa shape index (κ2) is 7.14. The zero-order chi connectivity index (χ0) is 25.1. The fourth-order valence-corrected chi connectivity index (χ4v) is 7.98. The smallest absolute Gasteiger partial charge is 0.0216 e. The fourth-order valence-electron chi connectivity index (χ4n) is 7.98. The topological polar surface area (TPSA) is 0 Å². The van der Waals surface area contributed by atoms with Gasteiger partial charge in [-0.25, -0.2) is 0 Å². The maximum Gasteiger partial charge on any atom is 0.0216 e. The predicted molar refractivity (Wildman–Crippen MR) is 158 cm³/mol. The molecule has 3 aromatic carbocycles. The van der Waals surface area contributed by atoms with Crippen LogP contribution in [0.3, 0.4) is 0 Å². The van der Waals surface area contributed by atoms with E-state index >= 15 is 0 Å². The molecule has 0 radical (unpaired) electrons. The van der Waals surface area contributed by atoms with Crippen LogP contribution in [0.15, 0.2) is 132 Å². The van der Waals surface area contributed by atoms with Crippen LogP contribution in [0.5, 0.6) is 0 Å². The van der Waals surface area contributed by atoms with Gasteiger partial charge in [0.2, 0.25) is 0 Å². The average Bonchev–Trinajstić information content (AvgIpc) is 3.84. The number of fused-ring (bicyclic) bond motifs is 4. The highest BCUT2D eigenvalue weighted by molar-refractivity contribution is 5.92. The van der Waals surface area contributed by atoms with E-state index in [-0.39, 0.29) is 10.8 Å². The lowest BCUT2D eigenvalue weighted by Gasteiger charge is -2.28. The van der Waals surface area contributed by atoms with Crippen molar-refractivity contribution in [3.8, 4) is 0 Å². The lowest BCUT2D eigenvalue weighted by atomic mass is 9.75. The first-order chi connectivity index (χ1) is 18.6. The minimum Gasteiger partial charge on any atom is -0.0802 e. The van der Waals surface area contributed by atoms with Crippen LogP contribution in [0.25, 0.3) is 22.4 Å². The van der Waals surface area contributed by atoms with Crippen molar-refractivity contribution in [2.45, 2.75) is 31.6 Å². The SMILES string of the molecule is Cc1ccc2c(C34C=C(C5=c6ccccc6=CCC6=CC78CC7C=CC=C8C=C65)C=CC3C4)cccc2c1. The molecule has 1 spiro atoms. The van der Waals surface area contributed by atoms with Gasteiger partial charge in [-0.1, -0.05) is 115 Å². The highest BCUT2D eigenvalue weighted by atomic mass is 14.6. The van der Waals surface area contributed by atoms with Crippen LogP contribution in [0.2, 0.25) is 0 Å². The molecular weight excluding hydrogens is 456 g/mol. The van der Waals surface area contributed by atoms with E-state index in [9.17, 15) is 0 Å². The van der Waals surface area contributed by atoms with Gasteiger partial charge < -0.3 is 0 Å². The van der Waals surface area contributed by atoms with E-state index in [2.05, 4.69) is 122 Å². The molecule has 0 heterocycles. The summed E-state index contributed by atoms with van der Waals surface area (Å²) in [5.41, 5.74) is 10.4. The molecule has 9 rings (SSSR count). The Bertz CT molecular complexity index is 1920. The third-order valence-corrected chi connectivity index (χ3v) is 10.1. The summed E-state index contributed by atoms with van der Waals surface area (Å²) in [7, 11) is 0. The van der Waals surface area contributed by atoms with Crippen molar-refractivity contribution in [2.75, 3.05) is 0 Å². The quantitative estimate of drug-likeness (QED) is 0.356. The summed E-state index contributed by atoms with van der Waals surface area (Å²) in [6.07, 6.45) is 25.7. The molecule has 0 nitrogen and oxygen atoms in total. The molecule has 0 saturated heterocycles. The number of allylic oxidation sites excluding steroid dienone is 12. The number of hydrogen-bond donors (Lipinski definition) is 0. The summed E-state index contributed by atoms with van der Waals surface area (Å²) in [6.45, 7) is 2.19. The highest BCUT2D eigenvalue weighted by Gasteiger charge is 2.56. The summed E-state index contributed by atoms with van der Waals surface area (Å²) in [5, 5.41) is 5.50. The van der Waals surface area contributed by atoms with E-state index in [4.69, 9.17) is 0 Å². The van der Waals surface area contributed by atoms with Gasteiger partial charge in [-0.3, -0.25) is 0 Å². The summed E-state index contributed by atoms with van der Waals surface area (Å²) in [4.78, 5) is 0. The van der Waals surface area contributed by atoms with Crippen LogP contribution in [-0.2, 0) is 5.41 Å². The summed E-state index contributed by atoms with van der Waals surface area (Å²) >= 11 is 0. The summed E-state index contributed by atoms with van der Waals surface area (Å²) in [6, 6.07) is 22.9. The monoisotopic (exact) mass is 486 g/mol. The molecule has 2 saturated carbocycles. The molecule has 6 aliphatic rings. The standard InChI is InChI=1S/C38H30/c1-24-12-17-32-26(18-24)7-4-11-35(32)38-21-28(15-16-31(38)23-38)36-33-10-3-2-6-25(33)13-14-27-20-37-22-30(37)9-5-8-29(37)19-34(27)36/h2-13,15-21,30-31H,14,22-23H2,1H3. The van der Waals surface area contributed by atoms with Crippen molar-refractivity contribution >= 4 is 22.4 Å². The van der Waals surface area contributed by atoms with Gasteiger partial charge in [-0.2, -0.15) is 0 Å². The van der Waals surface area contributed by atoms with Crippen molar-refractivity contribution in [2.24, 2.45) is 17.3 Å². The molecule has 2 fully saturated rings. The van der Waals surface area contributed by atoms with Gasteiger partial charge in [-0.15, -0.1) is 0 Å². The molecule has 0 heteroatoms. The Labute approximate surface area is 224 Å². The van der Waals surface area contributed by atoms with Crippen molar-refractivity contribution in [1.29, 1.82) is 0 Å². The van der Waals surface area contributed by atoms with Crippen molar-refractivity contribution in [3.05, 3.63) is 153 Å². The molecule has 0 bridgehead atoms. The van der Waals surface area contributed by atoms with Gasteiger partial charge in [0.25, 0.3) is 0 Å². The Hall–Kier alpha value is -3.90. The maximum atomic E-state index is 2.64. The first-order valence-electron chi connectivity index (χ1n) is 14.2. The summed E-state index contributed by atoms with van der Waals surface area (Å²) < 4.78 is 0. The van der Waals surface area contributed by atoms with Crippen molar-refractivity contribution in [3.63, 3.8) is 0 Å². The third kappa shape index (κ3) is 2.76. The van der Waals surface area contributed by atoms with Gasteiger partial charge in [0.15, 0.2) is 0 Å². The second-order valence-corrected chi connectivity index (χ2v) is 12.3. The van der Waals surface area contributed by atoms with E-state index < -0.39 is 0 Å². The van der Waals surface area contributed by atoms with E-state index in [0.29, 0.717) is 11.8 Å². The molecule has 0 aromatic heterocycles. The third-order valence-electron chi connectivity index (χ3n) is 10.1. The van der Waals surface area contributed by atoms with Gasteiger partial charge in [0.05, 0.1) is 0 Å². The van der Waals surface area contributed by atoms with Crippen molar-refractivity contribution in [1.82, 2.24) is 0 Å². The van der Waals surface area contributed by atoms with Crippen LogP contribution in [0.1, 0.15) is 30.4 Å². The van der Waals surface area contributed by atoms with Gasteiger partial charge in [0, 0.05) is 10.8 Å². The molecule has 4 unspecified atom stereocenters. The molecular formula is C38H30. The molecule has 182 valence electrons. The molecule has 0 aliphatic heterocycles. The Morgan fingerprint density at radius 1 is 0.842 bits per heavy atom. The summed E-state index contributed by atoms with van der Waals surface area (Å²) in [5.74, 6) is 1.27. The average molecular weight is 487 g/mol. The molecule has 3 aromatic rings. The highest BCUT2D eigenvalue weighted by Crippen LogP contribution is 2.65. The van der Waals surface area contributed by atoms with Crippen LogP contribution >= 0.6 is 0 Å².